The Labute approximate surface area is 90.6 Å². The highest BCUT2D eigenvalue weighted by Gasteiger charge is 2.11. The molecule has 4 heteroatoms. The summed E-state index contributed by atoms with van der Waals surface area (Å²) in [5.41, 5.74) is 12.3. The summed E-state index contributed by atoms with van der Waals surface area (Å²) < 4.78 is 0.815. The predicted molar refractivity (Wildman–Crippen MR) is 62.4 cm³/mol. The molecule has 1 aromatic rings. The third-order valence-electron chi connectivity index (χ3n) is 1.81. The van der Waals surface area contributed by atoms with Crippen LogP contribution in [0.25, 0.3) is 0 Å². The van der Waals surface area contributed by atoms with E-state index < -0.39 is 0 Å². The van der Waals surface area contributed by atoms with Crippen LogP contribution in [0.2, 0.25) is 0 Å². The van der Waals surface area contributed by atoms with Crippen molar-refractivity contribution in [2.75, 3.05) is 5.73 Å². The number of halogens is 1. The average Bonchev–Trinajstić information content (AvgIpc) is 2.13. The zero-order valence-corrected chi connectivity index (χ0v) is 9.15. The van der Waals surface area contributed by atoms with Crippen LogP contribution in [0.1, 0.15) is 11.6 Å². The van der Waals surface area contributed by atoms with Gasteiger partial charge >= 0.3 is 0 Å². The van der Waals surface area contributed by atoms with Gasteiger partial charge in [0.2, 0.25) is 0 Å². The van der Waals surface area contributed by atoms with E-state index in [2.05, 4.69) is 29.2 Å². The quantitative estimate of drug-likeness (QED) is 0.336. The standard InChI is InChI=1S/C9H11IN2O/c1-2-7(11)5-3-4-6(10)8(12)9(5)13/h2-4,7,13H,1,11-12H2. The van der Waals surface area contributed by atoms with Crippen molar-refractivity contribution in [3.8, 4) is 5.75 Å². The highest BCUT2D eigenvalue weighted by atomic mass is 127. The predicted octanol–water partition coefficient (Wildman–Crippen LogP) is 1.76. The lowest BCUT2D eigenvalue weighted by molar-refractivity contribution is 0.468. The molecular formula is C9H11IN2O. The first-order chi connectivity index (χ1) is 6.07. The van der Waals surface area contributed by atoms with E-state index in [0.717, 1.165) is 3.57 Å². The fourth-order valence-corrected chi connectivity index (χ4v) is 1.43. The second-order valence-electron chi connectivity index (χ2n) is 2.66. The maximum atomic E-state index is 9.62. The lowest BCUT2D eigenvalue weighted by Gasteiger charge is -2.11. The van der Waals surface area contributed by atoms with Crippen LogP contribution in [0.15, 0.2) is 24.8 Å². The number of rotatable bonds is 2. The highest BCUT2D eigenvalue weighted by Crippen LogP contribution is 2.32. The van der Waals surface area contributed by atoms with Crippen LogP contribution in [-0.2, 0) is 0 Å². The molecular weight excluding hydrogens is 279 g/mol. The molecule has 0 saturated carbocycles. The molecule has 70 valence electrons. The molecule has 0 fully saturated rings. The van der Waals surface area contributed by atoms with Gasteiger partial charge in [0, 0.05) is 9.13 Å². The molecule has 0 radical (unpaired) electrons. The fraction of sp³-hybridized carbons (Fsp3) is 0.111. The van der Waals surface area contributed by atoms with E-state index in [1.807, 2.05) is 6.07 Å². The molecule has 13 heavy (non-hydrogen) atoms. The molecule has 1 aromatic carbocycles. The summed E-state index contributed by atoms with van der Waals surface area (Å²) in [6, 6.07) is 3.19. The summed E-state index contributed by atoms with van der Waals surface area (Å²) in [7, 11) is 0. The Morgan fingerprint density at radius 1 is 1.54 bits per heavy atom. The SMILES string of the molecule is C=CC(N)c1ccc(I)c(N)c1O. The van der Waals surface area contributed by atoms with E-state index in [-0.39, 0.29) is 11.8 Å². The Morgan fingerprint density at radius 3 is 2.69 bits per heavy atom. The summed E-state index contributed by atoms with van der Waals surface area (Å²) in [6.45, 7) is 3.55. The molecule has 0 heterocycles. The third-order valence-corrected chi connectivity index (χ3v) is 2.75. The molecule has 0 aliphatic heterocycles. The number of hydrogen-bond acceptors (Lipinski definition) is 3. The van der Waals surface area contributed by atoms with Gasteiger partial charge in [-0.3, -0.25) is 0 Å². The maximum absolute atomic E-state index is 9.62. The van der Waals surface area contributed by atoms with E-state index in [1.165, 1.54) is 0 Å². The van der Waals surface area contributed by atoms with Gasteiger partial charge in [0.1, 0.15) is 5.75 Å². The van der Waals surface area contributed by atoms with E-state index in [4.69, 9.17) is 11.5 Å². The van der Waals surface area contributed by atoms with Crippen molar-refractivity contribution in [3.05, 3.63) is 33.9 Å². The number of phenols is 1. The molecule has 0 aromatic heterocycles. The minimum absolute atomic E-state index is 0.0549. The van der Waals surface area contributed by atoms with Crippen LogP contribution in [-0.4, -0.2) is 5.11 Å². The van der Waals surface area contributed by atoms with Crippen LogP contribution in [0.5, 0.6) is 5.75 Å². The number of hydrogen-bond donors (Lipinski definition) is 3. The Hall–Kier alpha value is -0.750. The van der Waals surface area contributed by atoms with Gasteiger partial charge < -0.3 is 16.6 Å². The Morgan fingerprint density at radius 2 is 2.15 bits per heavy atom. The topological polar surface area (TPSA) is 72.3 Å². The number of aromatic hydroxyl groups is 1. The molecule has 3 nitrogen and oxygen atoms in total. The summed E-state index contributed by atoms with van der Waals surface area (Å²) in [4.78, 5) is 0. The molecule has 1 unspecified atom stereocenters. The number of benzene rings is 1. The van der Waals surface area contributed by atoms with Crippen molar-refractivity contribution in [3.63, 3.8) is 0 Å². The summed E-state index contributed by atoms with van der Waals surface area (Å²) >= 11 is 2.05. The van der Waals surface area contributed by atoms with Gasteiger partial charge in [-0.25, -0.2) is 0 Å². The van der Waals surface area contributed by atoms with E-state index in [1.54, 1.807) is 12.1 Å². The smallest absolute Gasteiger partial charge is 0.144 e. The van der Waals surface area contributed by atoms with Gasteiger partial charge in [-0.1, -0.05) is 12.1 Å². The minimum Gasteiger partial charge on any atom is -0.505 e. The van der Waals surface area contributed by atoms with Crippen molar-refractivity contribution in [2.45, 2.75) is 6.04 Å². The number of phenolic OH excluding ortho intramolecular Hbond substituents is 1. The van der Waals surface area contributed by atoms with Gasteiger partial charge in [-0.2, -0.15) is 0 Å². The van der Waals surface area contributed by atoms with Crippen molar-refractivity contribution in [2.24, 2.45) is 5.73 Å². The van der Waals surface area contributed by atoms with Crippen LogP contribution >= 0.6 is 22.6 Å². The monoisotopic (exact) mass is 290 g/mol. The largest absolute Gasteiger partial charge is 0.505 e. The summed E-state index contributed by atoms with van der Waals surface area (Å²) in [5, 5.41) is 9.62. The molecule has 0 spiro atoms. The Bertz CT molecular complexity index is 339. The van der Waals surface area contributed by atoms with Crippen LogP contribution in [0.4, 0.5) is 5.69 Å². The Kier molecular flexibility index (Phi) is 3.16. The highest BCUT2D eigenvalue weighted by molar-refractivity contribution is 14.1. The van der Waals surface area contributed by atoms with Crippen molar-refractivity contribution >= 4 is 28.3 Å². The Balaban J connectivity index is 3.25. The lowest BCUT2D eigenvalue weighted by Crippen LogP contribution is -2.08. The van der Waals surface area contributed by atoms with Gasteiger partial charge in [-0.15, -0.1) is 6.58 Å². The fourth-order valence-electron chi connectivity index (χ4n) is 0.996. The van der Waals surface area contributed by atoms with Crippen molar-refractivity contribution < 1.29 is 5.11 Å². The van der Waals surface area contributed by atoms with Crippen LogP contribution < -0.4 is 11.5 Å². The van der Waals surface area contributed by atoms with Crippen molar-refractivity contribution in [1.29, 1.82) is 0 Å². The molecule has 0 bridgehead atoms. The van der Waals surface area contributed by atoms with Gasteiger partial charge in [0.15, 0.2) is 0 Å². The minimum atomic E-state index is -0.376. The average molecular weight is 290 g/mol. The summed E-state index contributed by atoms with van der Waals surface area (Å²) in [5.74, 6) is 0.0549. The maximum Gasteiger partial charge on any atom is 0.144 e. The van der Waals surface area contributed by atoms with E-state index in [9.17, 15) is 5.11 Å². The zero-order valence-electron chi connectivity index (χ0n) is 7.00. The first kappa shape index (κ1) is 10.3. The third kappa shape index (κ3) is 1.94. The van der Waals surface area contributed by atoms with Crippen molar-refractivity contribution in [1.82, 2.24) is 0 Å². The second-order valence-corrected chi connectivity index (χ2v) is 3.82. The van der Waals surface area contributed by atoms with Gasteiger partial charge in [-0.05, 0) is 28.7 Å². The molecule has 0 amide bonds. The van der Waals surface area contributed by atoms with Gasteiger partial charge in [0.05, 0.1) is 11.7 Å². The van der Waals surface area contributed by atoms with E-state index in [0.29, 0.717) is 11.3 Å². The number of nitrogen functional groups attached to an aromatic ring is 1. The van der Waals surface area contributed by atoms with Gasteiger partial charge in [0.25, 0.3) is 0 Å². The molecule has 0 aliphatic rings. The normalized spacial score (nSPS) is 12.5. The summed E-state index contributed by atoms with van der Waals surface area (Å²) in [6.07, 6.45) is 1.56. The van der Waals surface area contributed by atoms with Crippen LogP contribution in [0.3, 0.4) is 0 Å². The number of nitrogens with two attached hydrogens (primary N) is 2. The second kappa shape index (κ2) is 3.97. The molecule has 1 atom stereocenters. The number of anilines is 1. The first-order valence-corrected chi connectivity index (χ1v) is 4.80. The lowest BCUT2D eigenvalue weighted by atomic mass is 10.1. The molecule has 5 N–H and O–H groups in total. The molecule has 0 saturated heterocycles. The first-order valence-electron chi connectivity index (χ1n) is 3.73. The van der Waals surface area contributed by atoms with E-state index >= 15 is 0 Å². The molecule has 0 aliphatic carbocycles. The zero-order chi connectivity index (χ0) is 10.0. The molecule has 1 rings (SSSR count). The van der Waals surface area contributed by atoms with Crippen LogP contribution in [0, 0.1) is 3.57 Å².